The molecule has 0 amide bonds. The van der Waals surface area contributed by atoms with Crippen molar-refractivity contribution in [1.82, 2.24) is 9.80 Å². The molecule has 0 radical (unpaired) electrons. The molecule has 0 spiro atoms. The van der Waals surface area contributed by atoms with Gasteiger partial charge in [0.15, 0.2) is 0 Å². The van der Waals surface area contributed by atoms with Crippen molar-refractivity contribution in [3.05, 3.63) is 66.2 Å². The minimum atomic E-state index is -0.905. The number of rotatable bonds is 6. The fourth-order valence-corrected chi connectivity index (χ4v) is 4.60. The molecule has 1 saturated heterocycles. The zero-order valence-corrected chi connectivity index (χ0v) is 16.0. The maximum absolute atomic E-state index is 12.4. The molecule has 1 heterocycles. The predicted molar refractivity (Wildman–Crippen MR) is 105 cm³/mol. The van der Waals surface area contributed by atoms with Crippen molar-refractivity contribution < 1.29 is 4.21 Å². The van der Waals surface area contributed by atoms with Gasteiger partial charge in [0.1, 0.15) is 0 Å². The van der Waals surface area contributed by atoms with Crippen molar-refractivity contribution in [3.8, 4) is 0 Å². The summed E-state index contributed by atoms with van der Waals surface area (Å²) in [5, 5.41) is 0. The monoisotopic (exact) mass is 356 g/mol. The third-order valence-electron chi connectivity index (χ3n) is 4.97. The van der Waals surface area contributed by atoms with E-state index in [1.54, 1.807) is 0 Å². The average Bonchev–Trinajstić information content (AvgIpc) is 2.63. The Labute approximate surface area is 154 Å². The highest BCUT2D eigenvalue weighted by Gasteiger charge is 2.33. The van der Waals surface area contributed by atoms with Crippen molar-refractivity contribution in [2.24, 2.45) is 0 Å². The number of nitrogens with zero attached hydrogens (tertiary/aromatic N) is 2. The molecular weight excluding hydrogens is 328 g/mol. The van der Waals surface area contributed by atoms with Crippen molar-refractivity contribution >= 4 is 10.8 Å². The smallest absolute Gasteiger partial charge is 0.0542 e. The first-order valence-corrected chi connectivity index (χ1v) is 10.3. The molecule has 25 heavy (non-hydrogen) atoms. The van der Waals surface area contributed by atoms with Gasteiger partial charge in [0.05, 0.1) is 10.8 Å². The maximum Gasteiger partial charge on any atom is 0.0542 e. The van der Waals surface area contributed by atoms with E-state index in [1.807, 2.05) is 30.3 Å². The first-order chi connectivity index (χ1) is 12.0. The van der Waals surface area contributed by atoms with Crippen molar-refractivity contribution in [1.29, 1.82) is 0 Å². The van der Waals surface area contributed by atoms with Crippen LogP contribution in [0.15, 0.2) is 65.6 Å². The number of piperazine rings is 1. The van der Waals surface area contributed by atoms with Gasteiger partial charge < -0.3 is 0 Å². The third-order valence-corrected chi connectivity index (χ3v) is 6.32. The highest BCUT2D eigenvalue weighted by molar-refractivity contribution is 7.85. The van der Waals surface area contributed by atoms with Gasteiger partial charge in [-0.25, -0.2) is 0 Å². The summed E-state index contributed by atoms with van der Waals surface area (Å²) in [6.07, 6.45) is 0. The van der Waals surface area contributed by atoms with Gasteiger partial charge in [0.2, 0.25) is 0 Å². The second-order valence-corrected chi connectivity index (χ2v) is 8.93. The van der Waals surface area contributed by atoms with Crippen LogP contribution in [0.2, 0.25) is 0 Å². The Morgan fingerprint density at radius 2 is 1.60 bits per heavy atom. The van der Waals surface area contributed by atoms with Crippen LogP contribution < -0.4 is 0 Å². The molecule has 4 heteroatoms. The first kappa shape index (κ1) is 18.3. The molecule has 1 fully saturated rings. The number of hydrogen-bond acceptors (Lipinski definition) is 3. The molecule has 2 aromatic carbocycles. The van der Waals surface area contributed by atoms with Gasteiger partial charge >= 0.3 is 0 Å². The summed E-state index contributed by atoms with van der Waals surface area (Å²) in [4.78, 5) is 5.96. The second-order valence-electron chi connectivity index (χ2n) is 7.36. The van der Waals surface area contributed by atoms with Crippen molar-refractivity contribution in [3.63, 3.8) is 0 Å². The lowest BCUT2D eigenvalue weighted by Gasteiger charge is -2.47. The predicted octanol–water partition coefficient (Wildman–Crippen LogP) is 3.39. The summed E-state index contributed by atoms with van der Waals surface area (Å²) in [5.41, 5.74) is 1.50. The lowest BCUT2D eigenvalue weighted by atomic mass is 9.98. The molecule has 1 aliphatic heterocycles. The lowest BCUT2D eigenvalue weighted by Crippen LogP contribution is -2.59. The van der Waals surface area contributed by atoms with E-state index in [4.69, 9.17) is 0 Å². The molecule has 1 unspecified atom stereocenters. The fourth-order valence-electron chi connectivity index (χ4n) is 3.48. The van der Waals surface area contributed by atoms with E-state index in [0.29, 0.717) is 5.75 Å². The molecule has 3 rings (SSSR count). The lowest BCUT2D eigenvalue weighted by molar-refractivity contribution is 0.0166. The Bertz CT molecular complexity index is 688. The van der Waals surface area contributed by atoms with Gasteiger partial charge in [-0.15, -0.1) is 0 Å². The minimum absolute atomic E-state index is 0.127. The van der Waals surface area contributed by atoms with Crippen LogP contribution in [0.25, 0.3) is 0 Å². The van der Waals surface area contributed by atoms with E-state index in [2.05, 4.69) is 54.0 Å². The summed E-state index contributed by atoms with van der Waals surface area (Å²) in [5.74, 6) is 0.707. The molecule has 0 aromatic heterocycles. The van der Waals surface area contributed by atoms with E-state index in [1.165, 1.54) is 5.56 Å². The van der Waals surface area contributed by atoms with Crippen LogP contribution in [-0.4, -0.2) is 51.5 Å². The summed E-state index contributed by atoms with van der Waals surface area (Å²) in [7, 11) is -0.905. The number of benzene rings is 2. The SMILES string of the molecule is CC1(C)CN(CCS(=O)c2ccccc2)CCN1Cc1ccccc1. The van der Waals surface area contributed by atoms with E-state index < -0.39 is 10.8 Å². The molecule has 0 N–H and O–H groups in total. The van der Waals surface area contributed by atoms with Gasteiger partial charge in [-0.3, -0.25) is 14.0 Å². The van der Waals surface area contributed by atoms with Crippen LogP contribution in [0.5, 0.6) is 0 Å². The molecule has 2 aromatic rings. The zero-order chi connectivity index (χ0) is 17.7. The van der Waals surface area contributed by atoms with Gasteiger partial charge in [-0.1, -0.05) is 48.5 Å². The Hall–Kier alpha value is -1.49. The van der Waals surface area contributed by atoms with Gasteiger partial charge in [-0.05, 0) is 31.5 Å². The maximum atomic E-state index is 12.4. The van der Waals surface area contributed by atoms with E-state index in [9.17, 15) is 4.21 Å². The summed E-state index contributed by atoms with van der Waals surface area (Å²) >= 11 is 0. The van der Waals surface area contributed by atoms with Crippen LogP contribution in [0.1, 0.15) is 19.4 Å². The van der Waals surface area contributed by atoms with Crippen molar-refractivity contribution in [2.45, 2.75) is 30.8 Å². The zero-order valence-electron chi connectivity index (χ0n) is 15.2. The summed E-state index contributed by atoms with van der Waals surface area (Å²) < 4.78 is 12.4. The second kappa shape index (κ2) is 8.26. The molecule has 0 aliphatic carbocycles. The average molecular weight is 357 g/mol. The third kappa shape index (κ3) is 5.00. The first-order valence-electron chi connectivity index (χ1n) is 8.99. The van der Waals surface area contributed by atoms with Crippen LogP contribution >= 0.6 is 0 Å². The summed E-state index contributed by atoms with van der Waals surface area (Å²) in [6.45, 7) is 9.64. The highest BCUT2D eigenvalue weighted by Crippen LogP contribution is 2.23. The largest absolute Gasteiger partial charge is 0.299 e. The standard InChI is InChI=1S/C21H28N2OS/c1-21(2)18-22(15-16-25(24)20-11-7-4-8-12-20)13-14-23(21)17-19-9-5-3-6-10-19/h3-12H,13-18H2,1-2H3. The van der Waals surface area contributed by atoms with Crippen LogP contribution in [0.4, 0.5) is 0 Å². The molecular formula is C21H28N2OS. The fraction of sp³-hybridized carbons (Fsp3) is 0.429. The van der Waals surface area contributed by atoms with E-state index in [-0.39, 0.29) is 5.54 Å². The van der Waals surface area contributed by atoms with Crippen LogP contribution in [0, 0.1) is 0 Å². The normalized spacial score (nSPS) is 19.6. The Kier molecular flexibility index (Phi) is 6.05. The van der Waals surface area contributed by atoms with E-state index in [0.717, 1.165) is 37.6 Å². The highest BCUT2D eigenvalue weighted by atomic mass is 32.2. The topological polar surface area (TPSA) is 23.6 Å². The van der Waals surface area contributed by atoms with Gasteiger partial charge in [0.25, 0.3) is 0 Å². The molecule has 0 bridgehead atoms. The molecule has 0 saturated carbocycles. The quantitative estimate of drug-likeness (QED) is 0.793. The molecule has 1 aliphatic rings. The molecule has 134 valence electrons. The van der Waals surface area contributed by atoms with E-state index >= 15 is 0 Å². The summed E-state index contributed by atoms with van der Waals surface area (Å²) in [6, 6.07) is 20.5. The minimum Gasteiger partial charge on any atom is -0.299 e. The van der Waals surface area contributed by atoms with Gasteiger partial charge in [-0.2, -0.15) is 0 Å². The van der Waals surface area contributed by atoms with Crippen molar-refractivity contribution in [2.75, 3.05) is 31.9 Å². The molecule has 3 nitrogen and oxygen atoms in total. The molecule has 1 atom stereocenters. The Balaban J connectivity index is 1.52. The van der Waals surface area contributed by atoms with Gasteiger partial charge in [0, 0.05) is 48.9 Å². The Morgan fingerprint density at radius 1 is 0.960 bits per heavy atom. The van der Waals surface area contributed by atoms with Crippen LogP contribution in [-0.2, 0) is 17.3 Å². The van der Waals surface area contributed by atoms with Crippen LogP contribution in [0.3, 0.4) is 0 Å². The number of hydrogen-bond donors (Lipinski definition) is 0. The Morgan fingerprint density at radius 3 is 2.24 bits per heavy atom.